The van der Waals surface area contributed by atoms with E-state index in [2.05, 4.69) is 31.1 Å². The van der Waals surface area contributed by atoms with Crippen LogP contribution in [-0.2, 0) is 0 Å². The summed E-state index contributed by atoms with van der Waals surface area (Å²) >= 11 is 3.24. The lowest BCUT2D eigenvalue weighted by Gasteiger charge is -2.24. The smallest absolute Gasteiger partial charge is 0.267 e. The third kappa shape index (κ3) is 3.60. The Labute approximate surface area is 129 Å². The molecule has 0 atom stereocenters. The van der Waals surface area contributed by atoms with Crippen molar-refractivity contribution in [3.05, 3.63) is 51.5 Å². The number of H-pyrrole nitrogens is 1. The monoisotopic (exact) mass is 351 g/mol. The predicted octanol–water partition coefficient (Wildman–Crippen LogP) is 1.81. The van der Waals surface area contributed by atoms with E-state index in [1.165, 1.54) is 6.33 Å². The van der Waals surface area contributed by atoms with E-state index in [0.29, 0.717) is 23.3 Å². The molecule has 0 spiro atoms. The molecule has 0 unspecified atom stereocenters. The first kappa shape index (κ1) is 15.0. The van der Waals surface area contributed by atoms with Crippen molar-refractivity contribution < 1.29 is 5.21 Å². The van der Waals surface area contributed by atoms with Crippen LogP contribution in [0.15, 0.2) is 51.1 Å². The van der Waals surface area contributed by atoms with E-state index >= 15 is 0 Å². The van der Waals surface area contributed by atoms with Gasteiger partial charge in [0, 0.05) is 18.7 Å². The van der Waals surface area contributed by atoms with Crippen LogP contribution in [0.25, 0.3) is 0 Å². The number of amidine groups is 1. The minimum absolute atomic E-state index is 0.108. The summed E-state index contributed by atoms with van der Waals surface area (Å²) in [5.41, 5.74) is 6.09. The van der Waals surface area contributed by atoms with Gasteiger partial charge < -0.3 is 20.8 Å². The second-order valence-corrected chi connectivity index (χ2v) is 4.99. The van der Waals surface area contributed by atoms with E-state index in [4.69, 9.17) is 10.9 Å². The minimum Gasteiger partial charge on any atom is -0.409 e. The maximum atomic E-state index is 11.7. The SMILES string of the molecule is N/C(CCN(c1ccccc1)c1nc[nH]c(=O)c1Br)=N/O. The molecule has 1 aromatic heterocycles. The molecule has 0 aliphatic heterocycles. The molecule has 21 heavy (non-hydrogen) atoms. The van der Waals surface area contributed by atoms with Gasteiger partial charge in [-0.2, -0.15) is 0 Å². The van der Waals surface area contributed by atoms with E-state index in [0.717, 1.165) is 5.69 Å². The summed E-state index contributed by atoms with van der Waals surface area (Å²) in [5, 5.41) is 11.6. The third-order valence-electron chi connectivity index (χ3n) is 2.82. The molecular formula is C13H14BrN5O2. The number of hydrogen-bond acceptors (Lipinski definition) is 5. The Morgan fingerprint density at radius 3 is 2.81 bits per heavy atom. The summed E-state index contributed by atoms with van der Waals surface area (Å²) in [7, 11) is 0. The third-order valence-corrected chi connectivity index (χ3v) is 3.54. The molecule has 0 bridgehead atoms. The average Bonchev–Trinajstić information content (AvgIpc) is 2.52. The summed E-state index contributed by atoms with van der Waals surface area (Å²) < 4.78 is 0.327. The number of halogens is 1. The molecule has 0 saturated carbocycles. The highest BCUT2D eigenvalue weighted by atomic mass is 79.9. The van der Waals surface area contributed by atoms with Crippen molar-refractivity contribution >= 4 is 33.3 Å². The zero-order chi connectivity index (χ0) is 15.2. The Morgan fingerprint density at radius 2 is 2.14 bits per heavy atom. The number of hydrogen-bond donors (Lipinski definition) is 3. The van der Waals surface area contributed by atoms with Crippen molar-refractivity contribution in [2.45, 2.75) is 6.42 Å². The fourth-order valence-corrected chi connectivity index (χ4v) is 2.23. The molecule has 1 heterocycles. The van der Waals surface area contributed by atoms with Crippen LogP contribution in [0.5, 0.6) is 0 Å². The zero-order valence-electron chi connectivity index (χ0n) is 11.0. The van der Waals surface area contributed by atoms with Crippen molar-refractivity contribution in [3.63, 3.8) is 0 Å². The Morgan fingerprint density at radius 1 is 1.43 bits per heavy atom. The van der Waals surface area contributed by atoms with Gasteiger partial charge in [-0.3, -0.25) is 4.79 Å². The molecule has 0 aliphatic rings. The van der Waals surface area contributed by atoms with Crippen LogP contribution in [-0.4, -0.2) is 27.6 Å². The maximum Gasteiger partial charge on any atom is 0.267 e. The van der Waals surface area contributed by atoms with Gasteiger partial charge in [0.05, 0.1) is 6.33 Å². The summed E-state index contributed by atoms with van der Waals surface area (Å²) in [6, 6.07) is 9.44. The molecule has 110 valence electrons. The Hall–Kier alpha value is -2.35. The first-order valence-corrected chi connectivity index (χ1v) is 6.95. The van der Waals surface area contributed by atoms with E-state index < -0.39 is 0 Å². The van der Waals surface area contributed by atoms with Gasteiger partial charge in [0.25, 0.3) is 5.56 Å². The number of oxime groups is 1. The highest BCUT2D eigenvalue weighted by molar-refractivity contribution is 9.10. The van der Waals surface area contributed by atoms with Crippen LogP contribution in [0.1, 0.15) is 6.42 Å². The van der Waals surface area contributed by atoms with Crippen LogP contribution in [0.4, 0.5) is 11.5 Å². The average molecular weight is 352 g/mol. The standard InChI is InChI=1S/C13H14BrN5O2/c14-11-12(16-8-17-13(11)20)19(7-6-10(15)18-21)9-4-2-1-3-5-9/h1-5,8,21H,6-7H2,(H2,15,18)(H,16,17,20). The highest BCUT2D eigenvalue weighted by Gasteiger charge is 2.16. The first-order chi connectivity index (χ1) is 10.1. The number of aromatic amines is 1. The molecule has 0 radical (unpaired) electrons. The van der Waals surface area contributed by atoms with Gasteiger partial charge in [0.1, 0.15) is 10.3 Å². The largest absolute Gasteiger partial charge is 0.409 e. The summed E-state index contributed by atoms with van der Waals surface area (Å²) in [6.07, 6.45) is 1.66. The number of nitrogens with zero attached hydrogens (tertiary/aromatic N) is 3. The molecule has 7 nitrogen and oxygen atoms in total. The lowest BCUT2D eigenvalue weighted by molar-refractivity contribution is 0.317. The summed E-state index contributed by atoms with van der Waals surface area (Å²) in [4.78, 5) is 20.2. The number of nitrogens with one attached hydrogen (secondary N) is 1. The summed E-state index contributed by atoms with van der Waals surface area (Å²) in [5.74, 6) is 0.576. The first-order valence-electron chi connectivity index (χ1n) is 6.15. The predicted molar refractivity (Wildman–Crippen MR) is 84.0 cm³/mol. The second kappa shape index (κ2) is 6.89. The van der Waals surface area contributed by atoms with Gasteiger partial charge in [0.2, 0.25) is 0 Å². The van der Waals surface area contributed by atoms with Crippen molar-refractivity contribution in [2.24, 2.45) is 10.9 Å². The molecule has 2 rings (SSSR count). The summed E-state index contributed by atoms with van der Waals surface area (Å²) in [6.45, 7) is 0.412. The van der Waals surface area contributed by atoms with Gasteiger partial charge >= 0.3 is 0 Å². The number of anilines is 2. The van der Waals surface area contributed by atoms with E-state index in [1.807, 2.05) is 35.2 Å². The molecule has 0 amide bonds. The van der Waals surface area contributed by atoms with Gasteiger partial charge in [0.15, 0.2) is 5.82 Å². The number of rotatable bonds is 5. The van der Waals surface area contributed by atoms with Crippen LogP contribution in [0.3, 0.4) is 0 Å². The zero-order valence-corrected chi connectivity index (χ0v) is 12.6. The quantitative estimate of drug-likeness (QED) is 0.329. The normalized spacial score (nSPS) is 11.4. The van der Waals surface area contributed by atoms with E-state index in [-0.39, 0.29) is 11.4 Å². The molecule has 1 aromatic carbocycles. The molecule has 0 fully saturated rings. The van der Waals surface area contributed by atoms with Crippen LogP contribution in [0, 0.1) is 0 Å². The van der Waals surface area contributed by atoms with Crippen LogP contribution in [0.2, 0.25) is 0 Å². The Kier molecular flexibility index (Phi) is 4.94. The maximum absolute atomic E-state index is 11.7. The molecule has 4 N–H and O–H groups in total. The number of benzene rings is 1. The van der Waals surface area contributed by atoms with E-state index in [1.54, 1.807) is 0 Å². The Balaban J connectivity index is 2.41. The fraction of sp³-hybridized carbons (Fsp3) is 0.154. The molecular weight excluding hydrogens is 338 g/mol. The number of nitrogens with two attached hydrogens (primary N) is 1. The lowest BCUT2D eigenvalue weighted by atomic mass is 10.2. The van der Waals surface area contributed by atoms with Gasteiger partial charge in [-0.15, -0.1) is 0 Å². The van der Waals surface area contributed by atoms with Crippen molar-refractivity contribution in [3.8, 4) is 0 Å². The van der Waals surface area contributed by atoms with Gasteiger partial charge in [-0.05, 0) is 28.1 Å². The fourth-order valence-electron chi connectivity index (χ4n) is 1.80. The van der Waals surface area contributed by atoms with E-state index in [9.17, 15) is 4.79 Å². The molecule has 0 saturated heterocycles. The highest BCUT2D eigenvalue weighted by Crippen LogP contribution is 2.27. The van der Waals surface area contributed by atoms with Crippen molar-refractivity contribution in [1.29, 1.82) is 0 Å². The topological polar surface area (TPSA) is 108 Å². The van der Waals surface area contributed by atoms with Gasteiger partial charge in [-0.25, -0.2) is 4.98 Å². The second-order valence-electron chi connectivity index (χ2n) is 4.20. The molecule has 2 aromatic rings. The minimum atomic E-state index is -0.273. The molecule has 8 heteroatoms. The number of aromatic nitrogens is 2. The molecule has 0 aliphatic carbocycles. The lowest BCUT2D eigenvalue weighted by Crippen LogP contribution is -2.26. The Bertz CT molecular complexity index is 686. The number of para-hydroxylation sites is 1. The van der Waals surface area contributed by atoms with Crippen LogP contribution < -0.4 is 16.2 Å². The van der Waals surface area contributed by atoms with Gasteiger partial charge in [-0.1, -0.05) is 23.4 Å². The van der Waals surface area contributed by atoms with Crippen molar-refractivity contribution in [1.82, 2.24) is 9.97 Å². The van der Waals surface area contributed by atoms with Crippen molar-refractivity contribution in [2.75, 3.05) is 11.4 Å². The van der Waals surface area contributed by atoms with Crippen LogP contribution >= 0.6 is 15.9 Å².